The van der Waals surface area contributed by atoms with E-state index in [4.69, 9.17) is 19.9 Å². The molecule has 5 heteroatoms. The van der Waals surface area contributed by atoms with Crippen LogP contribution in [0.25, 0.3) is 0 Å². The van der Waals surface area contributed by atoms with E-state index in [9.17, 15) is 5.26 Å². The normalized spacial score (nSPS) is 15.0. The van der Waals surface area contributed by atoms with Crippen LogP contribution in [-0.4, -0.2) is 20.3 Å². The zero-order chi connectivity index (χ0) is 13.8. The standard InChI is InChI=1S/C14H18N2O3/c1-17-12-7-11(16)10(8-15)13(14(12)18-2)19-9-5-3-4-6-9/h7,9H,3-6,16H2,1-2H3. The molecule has 1 saturated carbocycles. The average Bonchev–Trinajstić information content (AvgIpc) is 2.91. The van der Waals surface area contributed by atoms with Crippen LogP contribution in [0.5, 0.6) is 17.2 Å². The van der Waals surface area contributed by atoms with Gasteiger partial charge >= 0.3 is 0 Å². The number of rotatable bonds is 4. The van der Waals surface area contributed by atoms with Crippen molar-refractivity contribution in [2.24, 2.45) is 0 Å². The van der Waals surface area contributed by atoms with E-state index < -0.39 is 0 Å². The summed E-state index contributed by atoms with van der Waals surface area (Å²) in [5.41, 5.74) is 6.52. The molecule has 1 fully saturated rings. The number of benzene rings is 1. The second kappa shape index (κ2) is 5.70. The van der Waals surface area contributed by atoms with E-state index in [0.717, 1.165) is 25.7 Å². The van der Waals surface area contributed by atoms with Crippen LogP contribution in [0.4, 0.5) is 5.69 Å². The van der Waals surface area contributed by atoms with Gasteiger partial charge in [-0.2, -0.15) is 5.26 Å². The molecular formula is C14H18N2O3. The summed E-state index contributed by atoms with van der Waals surface area (Å²) in [7, 11) is 3.05. The van der Waals surface area contributed by atoms with Gasteiger partial charge in [-0.25, -0.2) is 0 Å². The predicted octanol–water partition coefficient (Wildman–Crippen LogP) is 2.48. The highest BCUT2D eigenvalue weighted by molar-refractivity contribution is 5.71. The van der Waals surface area contributed by atoms with Crippen LogP contribution in [0.2, 0.25) is 0 Å². The van der Waals surface area contributed by atoms with E-state index in [1.807, 2.05) is 0 Å². The molecule has 5 nitrogen and oxygen atoms in total. The maximum atomic E-state index is 9.25. The molecule has 0 bridgehead atoms. The summed E-state index contributed by atoms with van der Waals surface area (Å²) in [5, 5.41) is 9.25. The van der Waals surface area contributed by atoms with Crippen LogP contribution in [0.1, 0.15) is 31.2 Å². The van der Waals surface area contributed by atoms with Gasteiger partial charge in [0.2, 0.25) is 5.75 Å². The minimum Gasteiger partial charge on any atom is -0.493 e. The van der Waals surface area contributed by atoms with E-state index in [-0.39, 0.29) is 6.10 Å². The molecule has 102 valence electrons. The summed E-state index contributed by atoms with van der Waals surface area (Å²) in [4.78, 5) is 0. The Bertz CT molecular complexity index is 502. The van der Waals surface area contributed by atoms with Crippen molar-refractivity contribution in [3.8, 4) is 23.3 Å². The number of anilines is 1. The number of nitriles is 1. The number of hydrogen-bond acceptors (Lipinski definition) is 5. The highest BCUT2D eigenvalue weighted by Gasteiger charge is 2.24. The van der Waals surface area contributed by atoms with Crippen molar-refractivity contribution in [3.63, 3.8) is 0 Å². The third kappa shape index (κ3) is 2.53. The zero-order valence-corrected chi connectivity index (χ0v) is 11.2. The Hall–Kier alpha value is -2.09. The summed E-state index contributed by atoms with van der Waals surface area (Å²) >= 11 is 0. The Labute approximate surface area is 112 Å². The molecule has 2 N–H and O–H groups in total. The highest BCUT2D eigenvalue weighted by atomic mass is 16.5. The minimum absolute atomic E-state index is 0.118. The van der Waals surface area contributed by atoms with Crippen molar-refractivity contribution in [1.82, 2.24) is 0 Å². The second-order valence-corrected chi connectivity index (χ2v) is 4.54. The van der Waals surface area contributed by atoms with Crippen molar-refractivity contribution in [2.75, 3.05) is 20.0 Å². The van der Waals surface area contributed by atoms with E-state index in [2.05, 4.69) is 6.07 Å². The van der Waals surface area contributed by atoms with Gasteiger partial charge in [-0.05, 0) is 25.7 Å². The molecular weight excluding hydrogens is 244 g/mol. The fourth-order valence-electron chi connectivity index (χ4n) is 2.38. The topological polar surface area (TPSA) is 77.5 Å². The number of nitrogens with zero attached hydrogens (tertiary/aromatic N) is 1. The molecule has 0 radical (unpaired) electrons. The number of nitrogen functional groups attached to an aromatic ring is 1. The predicted molar refractivity (Wildman–Crippen MR) is 71.6 cm³/mol. The van der Waals surface area contributed by atoms with Crippen LogP contribution >= 0.6 is 0 Å². The molecule has 1 aliphatic carbocycles. The average molecular weight is 262 g/mol. The van der Waals surface area contributed by atoms with Crippen LogP contribution in [0, 0.1) is 11.3 Å². The molecule has 19 heavy (non-hydrogen) atoms. The van der Waals surface area contributed by atoms with E-state index in [1.54, 1.807) is 6.07 Å². The summed E-state index contributed by atoms with van der Waals surface area (Å²) in [6.45, 7) is 0. The van der Waals surface area contributed by atoms with Crippen molar-refractivity contribution in [1.29, 1.82) is 5.26 Å². The van der Waals surface area contributed by atoms with Gasteiger partial charge in [-0.15, -0.1) is 0 Å². The first kappa shape index (κ1) is 13.3. The largest absolute Gasteiger partial charge is 0.493 e. The molecule has 1 aliphatic rings. The van der Waals surface area contributed by atoms with Crippen LogP contribution in [0.15, 0.2) is 6.07 Å². The Kier molecular flexibility index (Phi) is 4.00. The summed E-state index contributed by atoms with van der Waals surface area (Å²) in [6.07, 6.45) is 4.39. The van der Waals surface area contributed by atoms with Crippen molar-refractivity contribution < 1.29 is 14.2 Å². The lowest BCUT2D eigenvalue weighted by Crippen LogP contribution is -2.13. The lowest BCUT2D eigenvalue weighted by Gasteiger charge is -2.19. The van der Waals surface area contributed by atoms with Crippen LogP contribution < -0.4 is 19.9 Å². The van der Waals surface area contributed by atoms with Gasteiger partial charge in [0.25, 0.3) is 0 Å². The van der Waals surface area contributed by atoms with E-state index >= 15 is 0 Å². The molecule has 0 atom stereocenters. The number of methoxy groups -OCH3 is 2. The SMILES string of the molecule is COc1cc(N)c(C#N)c(OC2CCCC2)c1OC. The maximum Gasteiger partial charge on any atom is 0.204 e. The first-order chi connectivity index (χ1) is 9.21. The van der Waals surface area contributed by atoms with E-state index in [0.29, 0.717) is 28.5 Å². The monoisotopic (exact) mass is 262 g/mol. The smallest absolute Gasteiger partial charge is 0.204 e. The molecule has 1 aromatic rings. The molecule has 0 heterocycles. The summed E-state index contributed by atoms with van der Waals surface area (Å²) in [5.74, 6) is 1.31. The molecule has 0 aliphatic heterocycles. The van der Waals surface area contributed by atoms with Crippen molar-refractivity contribution >= 4 is 5.69 Å². The van der Waals surface area contributed by atoms with Crippen LogP contribution in [-0.2, 0) is 0 Å². The first-order valence-electron chi connectivity index (χ1n) is 6.32. The summed E-state index contributed by atoms with van der Waals surface area (Å²) < 4.78 is 16.5. The lowest BCUT2D eigenvalue weighted by molar-refractivity contribution is 0.198. The third-order valence-corrected chi connectivity index (χ3v) is 3.35. The van der Waals surface area contributed by atoms with Crippen molar-refractivity contribution in [2.45, 2.75) is 31.8 Å². The van der Waals surface area contributed by atoms with Gasteiger partial charge in [0.15, 0.2) is 11.5 Å². The number of hydrogen-bond donors (Lipinski definition) is 1. The fraction of sp³-hybridized carbons (Fsp3) is 0.500. The Morgan fingerprint density at radius 1 is 1.21 bits per heavy atom. The Balaban J connectivity index is 2.47. The van der Waals surface area contributed by atoms with Gasteiger partial charge in [0, 0.05) is 6.07 Å². The lowest BCUT2D eigenvalue weighted by atomic mass is 10.1. The second-order valence-electron chi connectivity index (χ2n) is 4.54. The van der Waals surface area contributed by atoms with Gasteiger partial charge in [0.05, 0.1) is 26.0 Å². The maximum absolute atomic E-state index is 9.25. The van der Waals surface area contributed by atoms with Gasteiger partial charge in [-0.3, -0.25) is 0 Å². The Morgan fingerprint density at radius 2 is 1.89 bits per heavy atom. The quantitative estimate of drug-likeness (QED) is 0.843. The molecule has 1 aromatic carbocycles. The Morgan fingerprint density at radius 3 is 2.42 bits per heavy atom. The van der Waals surface area contributed by atoms with Gasteiger partial charge < -0.3 is 19.9 Å². The zero-order valence-electron chi connectivity index (χ0n) is 11.2. The molecule has 0 aromatic heterocycles. The van der Waals surface area contributed by atoms with Crippen LogP contribution in [0.3, 0.4) is 0 Å². The number of ether oxygens (including phenoxy) is 3. The molecule has 2 rings (SSSR count). The molecule has 0 spiro atoms. The van der Waals surface area contributed by atoms with Gasteiger partial charge in [-0.1, -0.05) is 0 Å². The summed E-state index contributed by atoms with van der Waals surface area (Å²) in [6, 6.07) is 3.66. The molecule has 0 amide bonds. The minimum atomic E-state index is 0.118. The van der Waals surface area contributed by atoms with Gasteiger partial charge in [0.1, 0.15) is 11.6 Å². The number of nitrogens with two attached hydrogens (primary N) is 1. The first-order valence-corrected chi connectivity index (χ1v) is 6.32. The third-order valence-electron chi connectivity index (χ3n) is 3.35. The van der Waals surface area contributed by atoms with Crippen molar-refractivity contribution in [3.05, 3.63) is 11.6 Å². The molecule has 0 unspecified atom stereocenters. The van der Waals surface area contributed by atoms with E-state index in [1.165, 1.54) is 14.2 Å². The highest BCUT2D eigenvalue weighted by Crippen LogP contribution is 2.44. The fourth-order valence-corrected chi connectivity index (χ4v) is 2.38. The molecule has 0 saturated heterocycles.